The molecule has 5 nitrogen and oxygen atoms in total. The third-order valence-corrected chi connectivity index (χ3v) is 4.49. The van der Waals surface area contributed by atoms with Crippen molar-refractivity contribution in [3.05, 3.63) is 83.7 Å². The smallest absolute Gasteiger partial charge is 0.327 e. The number of nitrogens with one attached hydrogen (secondary N) is 1. The van der Waals surface area contributed by atoms with Gasteiger partial charge in [-0.2, -0.15) is 0 Å². The second kappa shape index (κ2) is 9.02. The Morgan fingerprint density at radius 1 is 1.04 bits per heavy atom. The van der Waals surface area contributed by atoms with Gasteiger partial charge >= 0.3 is 8.60 Å². The third kappa shape index (κ3) is 5.55. The van der Waals surface area contributed by atoms with Crippen LogP contribution in [-0.2, 0) is 10.9 Å². The summed E-state index contributed by atoms with van der Waals surface area (Å²) in [5, 5.41) is 4.79. The summed E-state index contributed by atoms with van der Waals surface area (Å²) in [5.74, 6) is -0.689. The first-order chi connectivity index (χ1) is 13.0. The van der Waals surface area contributed by atoms with Gasteiger partial charge in [-0.05, 0) is 47.0 Å². The molecule has 0 bridgehead atoms. The van der Waals surface area contributed by atoms with Crippen molar-refractivity contribution < 1.29 is 23.5 Å². The molecule has 1 atom stereocenters. The summed E-state index contributed by atoms with van der Waals surface area (Å²) in [4.78, 5) is 30.7. The molecule has 3 aromatic carbocycles. The summed E-state index contributed by atoms with van der Waals surface area (Å²) >= 11 is 0. The van der Waals surface area contributed by atoms with Crippen LogP contribution in [0.15, 0.2) is 66.7 Å². The Balaban J connectivity index is 1.75. The monoisotopic (exact) mass is 387 g/mol. The zero-order valence-corrected chi connectivity index (χ0v) is 15.3. The number of halogens is 1. The average Bonchev–Trinajstić information content (AvgIpc) is 2.65. The maximum atomic E-state index is 13.4. The van der Waals surface area contributed by atoms with Crippen LogP contribution < -0.4 is 5.32 Å². The van der Waals surface area contributed by atoms with E-state index in [1.54, 1.807) is 24.3 Å². The fourth-order valence-electron chi connectivity index (χ4n) is 2.86. The molecule has 3 aromatic rings. The fraction of sp³-hybridized carbons (Fsp3) is 0.150. The standard InChI is InChI=1S/C20H19FNO4P/c21-18-7-3-4-14(10-18)11-19(13-26-27(24)25)22-20(23)17-9-8-15-5-1-2-6-16(15)12-17/h1-10,12,19,24-25H,11,13H2,(H,22,23). The first-order valence-corrected chi connectivity index (χ1v) is 9.52. The highest BCUT2D eigenvalue weighted by Gasteiger charge is 2.17. The summed E-state index contributed by atoms with van der Waals surface area (Å²) in [5.41, 5.74) is 1.15. The summed E-state index contributed by atoms with van der Waals surface area (Å²) < 4.78 is 18.3. The van der Waals surface area contributed by atoms with Gasteiger partial charge in [0.25, 0.3) is 5.91 Å². The van der Waals surface area contributed by atoms with E-state index in [1.807, 2.05) is 30.3 Å². The van der Waals surface area contributed by atoms with Crippen LogP contribution in [0, 0.1) is 5.82 Å². The number of amides is 1. The van der Waals surface area contributed by atoms with E-state index in [9.17, 15) is 9.18 Å². The minimum atomic E-state index is -2.54. The topological polar surface area (TPSA) is 78.8 Å². The lowest BCUT2D eigenvalue weighted by Crippen LogP contribution is -2.39. The molecule has 1 unspecified atom stereocenters. The van der Waals surface area contributed by atoms with E-state index in [4.69, 9.17) is 14.3 Å². The normalized spacial score (nSPS) is 12.3. The first kappa shape index (κ1) is 19.4. The lowest BCUT2D eigenvalue weighted by atomic mass is 10.0. The van der Waals surface area contributed by atoms with Crippen LogP contribution in [0.1, 0.15) is 15.9 Å². The van der Waals surface area contributed by atoms with Crippen molar-refractivity contribution in [2.75, 3.05) is 6.61 Å². The largest absolute Gasteiger partial charge is 0.347 e. The van der Waals surface area contributed by atoms with Gasteiger partial charge in [0.1, 0.15) is 5.82 Å². The van der Waals surface area contributed by atoms with Gasteiger partial charge in [-0.15, -0.1) is 0 Å². The maximum Gasteiger partial charge on any atom is 0.327 e. The summed E-state index contributed by atoms with van der Waals surface area (Å²) in [7, 11) is -2.54. The lowest BCUT2D eigenvalue weighted by Gasteiger charge is -2.19. The summed E-state index contributed by atoms with van der Waals surface area (Å²) in [6.45, 7) is -0.103. The van der Waals surface area contributed by atoms with Gasteiger partial charge in [-0.3, -0.25) is 4.79 Å². The number of carbonyl (C=O) groups is 1. The molecule has 0 radical (unpaired) electrons. The summed E-state index contributed by atoms with van der Waals surface area (Å²) in [6, 6.07) is 18.6. The van der Waals surface area contributed by atoms with E-state index in [0.717, 1.165) is 10.8 Å². The van der Waals surface area contributed by atoms with E-state index < -0.39 is 14.6 Å². The molecule has 7 heteroatoms. The van der Waals surface area contributed by atoms with Gasteiger partial charge in [0.05, 0.1) is 12.6 Å². The molecule has 0 aromatic heterocycles. The maximum absolute atomic E-state index is 13.4. The Hall–Kier alpha value is -2.37. The van der Waals surface area contributed by atoms with Crippen molar-refractivity contribution >= 4 is 25.3 Å². The highest BCUT2D eigenvalue weighted by molar-refractivity contribution is 7.39. The Morgan fingerprint density at radius 3 is 2.56 bits per heavy atom. The minimum absolute atomic E-state index is 0.103. The van der Waals surface area contributed by atoms with Crippen LogP contribution in [0.3, 0.4) is 0 Å². The van der Waals surface area contributed by atoms with E-state index in [-0.39, 0.29) is 18.3 Å². The SMILES string of the molecule is O=C(NC(COP(O)O)Cc1cccc(F)c1)c1ccc2ccccc2c1. The lowest BCUT2D eigenvalue weighted by molar-refractivity contribution is 0.0917. The Bertz CT molecular complexity index is 935. The number of benzene rings is 3. The van der Waals surface area contributed by atoms with Gasteiger partial charge < -0.3 is 19.6 Å². The molecule has 0 spiro atoms. The molecular weight excluding hydrogens is 368 g/mol. The predicted octanol–water partition coefficient (Wildman–Crippen LogP) is 3.55. The Labute approximate surface area is 157 Å². The van der Waals surface area contributed by atoms with E-state index in [2.05, 4.69) is 5.32 Å². The highest BCUT2D eigenvalue weighted by atomic mass is 31.2. The Kier molecular flexibility index (Phi) is 6.48. The molecule has 0 saturated carbocycles. The van der Waals surface area contributed by atoms with E-state index in [0.29, 0.717) is 17.5 Å². The number of hydrogen-bond donors (Lipinski definition) is 3. The molecule has 1 amide bonds. The van der Waals surface area contributed by atoms with Gasteiger partial charge in [0, 0.05) is 5.56 Å². The fourth-order valence-corrected chi connectivity index (χ4v) is 3.17. The molecule has 27 heavy (non-hydrogen) atoms. The molecule has 3 N–H and O–H groups in total. The molecule has 140 valence electrons. The van der Waals surface area contributed by atoms with E-state index >= 15 is 0 Å². The van der Waals surface area contributed by atoms with Crippen molar-refractivity contribution in [3.8, 4) is 0 Å². The minimum Gasteiger partial charge on any atom is -0.347 e. The average molecular weight is 387 g/mol. The van der Waals surface area contributed by atoms with Crippen LogP contribution in [0.2, 0.25) is 0 Å². The van der Waals surface area contributed by atoms with Gasteiger partial charge in [-0.1, -0.05) is 42.5 Å². The second-order valence-electron chi connectivity index (χ2n) is 6.11. The van der Waals surface area contributed by atoms with Gasteiger partial charge in [0.15, 0.2) is 0 Å². The van der Waals surface area contributed by atoms with Crippen LogP contribution in [0.25, 0.3) is 10.8 Å². The third-order valence-electron chi connectivity index (χ3n) is 4.11. The molecular formula is C20H19FNO4P. The van der Waals surface area contributed by atoms with Crippen LogP contribution in [0.5, 0.6) is 0 Å². The van der Waals surface area contributed by atoms with Crippen LogP contribution in [-0.4, -0.2) is 28.3 Å². The zero-order valence-electron chi connectivity index (χ0n) is 14.4. The molecule has 0 aliphatic rings. The number of rotatable bonds is 7. The molecule has 0 heterocycles. The summed E-state index contributed by atoms with van der Waals surface area (Å²) in [6.07, 6.45) is 0.292. The van der Waals surface area contributed by atoms with Gasteiger partial charge in [-0.25, -0.2) is 4.39 Å². The Morgan fingerprint density at radius 2 is 1.81 bits per heavy atom. The zero-order chi connectivity index (χ0) is 19.2. The van der Waals surface area contributed by atoms with Crippen LogP contribution in [0.4, 0.5) is 4.39 Å². The number of carbonyl (C=O) groups excluding carboxylic acids is 1. The quantitative estimate of drug-likeness (QED) is 0.542. The van der Waals surface area contributed by atoms with Crippen LogP contribution >= 0.6 is 8.60 Å². The van der Waals surface area contributed by atoms with Crippen molar-refractivity contribution in [3.63, 3.8) is 0 Å². The van der Waals surface area contributed by atoms with Crippen molar-refractivity contribution in [2.24, 2.45) is 0 Å². The first-order valence-electron chi connectivity index (χ1n) is 8.36. The molecule has 0 aliphatic heterocycles. The molecule has 0 saturated heterocycles. The second-order valence-corrected chi connectivity index (χ2v) is 6.88. The molecule has 0 aliphatic carbocycles. The highest BCUT2D eigenvalue weighted by Crippen LogP contribution is 2.25. The number of fused-ring (bicyclic) bond motifs is 1. The van der Waals surface area contributed by atoms with Crippen molar-refractivity contribution in [2.45, 2.75) is 12.5 Å². The van der Waals surface area contributed by atoms with Crippen molar-refractivity contribution in [1.29, 1.82) is 0 Å². The number of hydrogen-bond acceptors (Lipinski definition) is 4. The van der Waals surface area contributed by atoms with Gasteiger partial charge in [0.2, 0.25) is 0 Å². The van der Waals surface area contributed by atoms with Crippen molar-refractivity contribution in [1.82, 2.24) is 5.32 Å². The predicted molar refractivity (Wildman–Crippen MR) is 103 cm³/mol. The molecule has 3 rings (SSSR count). The molecule has 0 fully saturated rings. The van der Waals surface area contributed by atoms with E-state index in [1.165, 1.54) is 12.1 Å².